The van der Waals surface area contributed by atoms with Gasteiger partial charge in [-0.1, -0.05) is 0 Å². The molecule has 0 atom stereocenters. The molecule has 1 aromatic heterocycles. The third kappa shape index (κ3) is 2.78. The summed E-state index contributed by atoms with van der Waals surface area (Å²) in [6.45, 7) is 2.45. The van der Waals surface area contributed by atoms with Crippen LogP contribution in [0, 0.1) is 12.7 Å². The number of hydrogen-bond donors (Lipinski definition) is 1. The molecule has 1 N–H and O–H groups in total. The second-order valence-corrected chi connectivity index (χ2v) is 3.72. The lowest BCUT2D eigenvalue weighted by Crippen LogP contribution is -1.99. The van der Waals surface area contributed by atoms with Crippen LogP contribution in [0.1, 0.15) is 11.5 Å². The van der Waals surface area contributed by atoms with Crippen LogP contribution in [-0.2, 0) is 6.54 Å². The van der Waals surface area contributed by atoms with Crippen LogP contribution in [0.2, 0.25) is 0 Å². The number of aryl methyl sites for hydroxylation is 1. The predicted octanol–water partition coefficient (Wildman–Crippen LogP) is 3.35. The lowest BCUT2D eigenvalue weighted by molar-refractivity contribution is 0.387. The number of hydrogen-bond acceptors (Lipinski definition) is 3. The number of benzene rings is 1. The molecule has 4 heteroatoms. The van der Waals surface area contributed by atoms with Crippen LogP contribution in [0.4, 0.5) is 10.1 Å². The van der Waals surface area contributed by atoms with Crippen LogP contribution >= 0.6 is 0 Å². The summed E-state index contributed by atoms with van der Waals surface area (Å²) in [5.41, 5.74) is 0.789. The zero-order valence-corrected chi connectivity index (χ0v) is 9.79. The molecule has 0 bridgehead atoms. The number of nitrogens with one attached hydrogen (secondary N) is 1. The van der Waals surface area contributed by atoms with Crippen LogP contribution in [0.15, 0.2) is 34.7 Å². The molecule has 0 aliphatic carbocycles. The van der Waals surface area contributed by atoms with Crippen molar-refractivity contribution in [2.45, 2.75) is 13.5 Å². The predicted molar refractivity (Wildman–Crippen MR) is 63.7 cm³/mol. The van der Waals surface area contributed by atoms with Crippen molar-refractivity contribution in [3.8, 4) is 5.75 Å². The highest BCUT2D eigenvalue weighted by Gasteiger charge is 2.04. The Morgan fingerprint density at radius 1 is 1.29 bits per heavy atom. The van der Waals surface area contributed by atoms with E-state index in [0.717, 1.165) is 17.2 Å². The van der Waals surface area contributed by atoms with Crippen molar-refractivity contribution in [1.29, 1.82) is 0 Å². The summed E-state index contributed by atoms with van der Waals surface area (Å²) in [5.74, 6) is 1.57. The van der Waals surface area contributed by atoms with Gasteiger partial charge in [-0.2, -0.15) is 0 Å². The lowest BCUT2D eigenvalue weighted by Gasteiger charge is -2.07. The number of halogens is 1. The van der Waals surface area contributed by atoms with Gasteiger partial charge < -0.3 is 14.5 Å². The smallest absolute Gasteiger partial charge is 0.165 e. The summed E-state index contributed by atoms with van der Waals surface area (Å²) in [6.07, 6.45) is 0. The topological polar surface area (TPSA) is 34.4 Å². The van der Waals surface area contributed by atoms with Gasteiger partial charge in [-0.15, -0.1) is 0 Å². The van der Waals surface area contributed by atoms with E-state index in [0.29, 0.717) is 6.54 Å². The number of furan rings is 1. The Bertz CT molecular complexity index is 508. The van der Waals surface area contributed by atoms with Gasteiger partial charge in [-0.05, 0) is 31.2 Å². The maximum atomic E-state index is 13.2. The van der Waals surface area contributed by atoms with E-state index in [9.17, 15) is 4.39 Å². The van der Waals surface area contributed by atoms with Gasteiger partial charge in [-0.3, -0.25) is 0 Å². The van der Waals surface area contributed by atoms with Gasteiger partial charge in [-0.25, -0.2) is 4.39 Å². The van der Waals surface area contributed by atoms with Crippen LogP contribution < -0.4 is 10.1 Å². The quantitative estimate of drug-likeness (QED) is 0.882. The molecule has 0 aliphatic heterocycles. The molecule has 0 fully saturated rings. The Balaban J connectivity index is 2.04. The third-order valence-electron chi connectivity index (χ3n) is 2.41. The number of methoxy groups -OCH3 is 1. The van der Waals surface area contributed by atoms with Crippen molar-refractivity contribution in [2.75, 3.05) is 12.4 Å². The molecular formula is C13H14FNO2. The molecule has 3 nitrogen and oxygen atoms in total. The molecule has 0 radical (unpaired) electrons. The van der Waals surface area contributed by atoms with E-state index in [-0.39, 0.29) is 11.6 Å². The van der Waals surface area contributed by atoms with Crippen molar-refractivity contribution in [2.24, 2.45) is 0 Å². The van der Waals surface area contributed by atoms with E-state index in [1.165, 1.54) is 13.2 Å². The minimum absolute atomic E-state index is 0.227. The molecular weight excluding hydrogens is 221 g/mol. The maximum Gasteiger partial charge on any atom is 0.165 e. The van der Waals surface area contributed by atoms with E-state index >= 15 is 0 Å². The molecule has 0 unspecified atom stereocenters. The molecule has 2 rings (SSSR count). The second-order valence-electron chi connectivity index (χ2n) is 3.72. The Hall–Kier alpha value is -1.97. The number of anilines is 1. The van der Waals surface area contributed by atoms with Crippen molar-refractivity contribution < 1.29 is 13.5 Å². The van der Waals surface area contributed by atoms with Gasteiger partial charge >= 0.3 is 0 Å². The van der Waals surface area contributed by atoms with E-state index in [2.05, 4.69) is 5.32 Å². The molecule has 0 aliphatic rings. The molecule has 90 valence electrons. The van der Waals surface area contributed by atoms with Crippen LogP contribution in [0.5, 0.6) is 5.75 Å². The third-order valence-corrected chi connectivity index (χ3v) is 2.41. The zero-order chi connectivity index (χ0) is 12.3. The van der Waals surface area contributed by atoms with Gasteiger partial charge in [0, 0.05) is 11.8 Å². The fraction of sp³-hybridized carbons (Fsp3) is 0.231. The molecule has 0 amide bonds. The summed E-state index contributed by atoms with van der Waals surface area (Å²) in [5, 5.41) is 3.14. The van der Waals surface area contributed by atoms with Crippen molar-refractivity contribution in [1.82, 2.24) is 0 Å². The average molecular weight is 235 g/mol. The first-order chi connectivity index (χ1) is 8.19. The Labute approximate surface area is 99.2 Å². The zero-order valence-electron chi connectivity index (χ0n) is 9.79. The summed E-state index contributed by atoms with van der Waals surface area (Å²) >= 11 is 0. The van der Waals surface area contributed by atoms with Gasteiger partial charge in [0.2, 0.25) is 0 Å². The van der Waals surface area contributed by atoms with Crippen molar-refractivity contribution in [3.63, 3.8) is 0 Å². The summed E-state index contributed by atoms with van der Waals surface area (Å²) < 4.78 is 23.5. The van der Waals surface area contributed by atoms with Gasteiger partial charge in [0.25, 0.3) is 0 Å². The van der Waals surface area contributed by atoms with Crippen LogP contribution in [-0.4, -0.2) is 7.11 Å². The highest BCUT2D eigenvalue weighted by Crippen LogP contribution is 2.22. The fourth-order valence-corrected chi connectivity index (χ4v) is 1.54. The summed E-state index contributed by atoms with van der Waals surface area (Å²) in [6, 6.07) is 8.46. The van der Waals surface area contributed by atoms with E-state index < -0.39 is 0 Å². The number of ether oxygens (including phenoxy) is 1. The normalized spacial score (nSPS) is 10.3. The first-order valence-corrected chi connectivity index (χ1v) is 5.32. The summed E-state index contributed by atoms with van der Waals surface area (Å²) in [7, 11) is 1.44. The summed E-state index contributed by atoms with van der Waals surface area (Å²) in [4.78, 5) is 0. The average Bonchev–Trinajstić information content (AvgIpc) is 2.74. The van der Waals surface area contributed by atoms with Gasteiger partial charge in [0.1, 0.15) is 11.5 Å². The Morgan fingerprint density at radius 2 is 2.12 bits per heavy atom. The standard InChI is InChI=1S/C13H14FNO2/c1-9-3-5-11(17-9)8-15-10-4-6-12(14)13(7-10)16-2/h3-7,15H,8H2,1-2H3. The van der Waals surface area contributed by atoms with Crippen LogP contribution in [0.3, 0.4) is 0 Å². The molecule has 0 spiro atoms. The van der Waals surface area contributed by atoms with E-state index in [4.69, 9.17) is 9.15 Å². The Morgan fingerprint density at radius 3 is 2.76 bits per heavy atom. The van der Waals surface area contributed by atoms with Crippen LogP contribution in [0.25, 0.3) is 0 Å². The molecule has 17 heavy (non-hydrogen) atoms. The Kier molecular flexibility index (Phi) is 3.32. The van der Waals surface area contributed by atoms with E-state index in [1.807, 2.05) is 19.1 Å². The first-order valence-electron chi connectivity index (χ1n) is 5.32. The maximum absolute atomic E-state index is 13.2. The largest absolute Gasteiger partial charge is 0.494 e. The van der Waals surface area contributed by atoms with Gasteiger partial charge in [0.05, 0.1) is 13.7 Å². The fourth-order valence-electron chi connectivity index (χ4n) is 1.54. The van der Waals surface area contributed by atoms with E-state index in [1.54, 1.807) is 12.1 Å². The minimum Gasteiger partial charge on any atom is -0.494 e. The second kappa shape index (κ2) is 4.91. The number of rotatable bonds is 4. The minimum atomic E-state index is -0.369. The SMILES string of the molecule is COc1cc(NCc2ccc(C)o2)ccc1F. The first kappa shape index (κ1) is 11.5. The lowest BCUT2D eigenvalue weighted by atomic mass is 10.3. The molecule has 0 saturated carbocycles. The highest BCUT2D eigenvalue weighted by molar-refractivity contribution is 5.48. The molecule has 0 saturated heterocycles. The van der Waals surface area contributed by atoms with Crippen molar-refractivity contribution in [3.05, 3.63) is 47.7 Å². The molecule has 1 heterocycles. The highest BCUT2D eigenvalue weighted by atomic mass is 19.1. The van der Waals surface area contributed by atoms with Gasteiger partial charge in [0.15, 0.2) is 11.6 Å². The molecule has 1 aromatic carbocycles. The monoisotopic (exact) mass is 235 g/mol. The van der Waals surface area contributed by atoms with Crippen molar-refractivity contribution >= 4 is 5.69 Å². The molecule has 2 aromatic rings.